The number of pyridine rings is 1. The Kier molecular flexibility index (Phi) is 5.06. The van der Waals surface area contributed by atoms with E-state index in [-0.39, 0.29) is 11.9 Å². The van der Waals surface area contributed by atoms with Gasteiger partial charge in [-0.25, -0.2) is 4.98 Å². The lowest BCUT2D eigenvalue weighted by molar-refractivity contribution is 0.0827. The summed E-state index contributed by atoms with van der Waals surface area (Å²) in [4.78, 5) is 17.2. The fourth-order valence-corrected chi connectivity index (χ4v) is 1.28. The van der Waals surface area contributed by atoms with E-state index in [1.54, 1.807) is 33.2 Å². The molecule has 0 bridgehead atoms. The van der Waals surface area contributed by atoms with E-state index in [0.29, 0.717) is 17.9 Å². The van der Waals surface area contributed by atoms with Gasteiger partial charge in [-0.1, -0.05) is 0 Å². The minimum atomic E-state index is -0.577. The van der Waals surface area contributed by atoms with Gasteiger partial charge in [0.2, 0.25) is 0 Å². The van der Waals surface area contributed by atoms with Gasteiger partial charge >= 0.3 is 0 Å². The summed E-state index contributed by atoms with van der Waals surface area (Å²) in [6.07, 6.45) is 0.936. The van der Waals surface area contributed by atoms with Crippen molar-refractivity contribution in [2.24, 2.45) is 5.73 Å². The molecule has 0 aliphatic carbocycles. The standard InChI is InChI=1S/C12H20N4O2/c1-8(17)10(13)7-15-11-5-4-9(6-14-11)12(18)16(2)3/h4-6,8,10,17H,7,13H2,1-3H3,(H,14,15). The van der Waals surface area contributed by atoms with Crippen LogP contribution in [0.25, 0.3) is 0 Å². The van der Waals surface area contributed by atoms with E-state index >= 15 is 0 Å². The molecule has 2 atom stereocenters. The largest absolute Gasteiger partial charge is 0.392 e. The number of rotatable bonds is 5. The second kappa shape index (κ2) is 6.32. The minimum Gasteiger partial charge on any atom is -0.392 e. The quantitative estimate of drug-likeness (QED) is 0.681. The molecule has 0 radical (unpaired) electrons. The molecule has 0 aliphatic heterocycles. The number of nitrogens with one attached hydrogen (secondary N) is 1. The van der Waals surface area contributed by atoms with Crippen LogP contribution in [0.1, 0.15) is 17.3 Å². The van der Waals surface area contributed by atoms with E-state index in [4.69, 9.17) is 5.73 Å². The number of nitrogens with two attached hydrogens (primary N) is 1. The first-order chi connectivity index (χ1) is 8.41. The fraction of sp³-hybridized carbons (Fsp3) is 0.500. The van der Waals surface area contributed by atoms with Gasteiger partial charge in [0.1, 0.15) is 5.82 Å². The third-order valence-electron chi connectivity index (χ3n) is 2.56. The minimum absolute atomic E-state index is 0.0882. The van der Waals surface area contributed by atoms with Crippen LogP contribution in [0.3, 0.4) is 0 Å². The number of aromatic nitrogens is 1. The fourth-order valence-electron chi connectivity index (χ4n) is 1.28. The summed E-state index contributed by atoms with van der Waals surface area (Å²) < 4.78 is 0. The molecule has 0 saturated carbocycles. The van der Waals surface area contributed by atoms with E-state index in [9.17, 15) is 9.90 Å². The van der Waals surface area contributed by atoms with Crippen molar-refractivity contribution in [2.45, 2.75) is 19.1 Å². The van der Waals surface area contributed by atoms with Gasteiger partial charge in [0.15, 0.2) is 0 Å². The lowest BCUT2D eigenvalue weighted by atomic mass is 10.2. The predicted molar refractivity (Wildman–Crippen MR) is 70.4 cm³/mol. The van der Waals surface area contributed by atoms with Gasteiger partial charge in [0.05, 0.1) is 11.7 Å². The number of aliphatic hydroxyl groups is 1. The van der Waals surface area contributed by atoms with Crippen molar-refractivity contribution in [3.63, 3.8) is 0 Å². The number of anilines is 1. The molecule has 100 valence electrons. The molecule has 4 N–H and O–H groups in total. The highest BCUT2D eigenvalue weighted by molar-refractivity contribution is 5.93. The Morgan fingerprint density at radius 3 is 2.67 bits per heavy atom. The third kappa shape index (κ3) is 3.97. The molecule has 0 saturated heterocycles. The summed E-state index contributed by atoms with van der Waals surface area (Å²) >= 11 is 0. The lowest BCUT2D eigenvalue weighted by Gasteiger charge is -2.16. The van der Waals surface area contributed by atoms with E-state index in [0.717, 1.165) is 0 Å². The summed E-state index contributed by atoms with van der Waals surface area (Å²) in [5, 5.41) is 12.2. The normalized spacial score (nSPS) is 13.8. The number of nitrogens with zero attached hydrogens (tertiary/aromatic N) is 2. The van der Waals surface area contributed by atoms with Crippen molar-refractivity contribution in [2.75, 3.05) is 26.0 Å². The molecule has 6 nitrogen and oxygen atoms in total. The van der Waals surface area contributed by atoms with Crippen molar-refractivity contribution < 1.29 is 9.90 Å². The molecule has 1 heterocycles. The molecule has 6 heteroatoms. The highest BCUT2D eigenvalue weighted by atomic mass is 16.3. The second-order valence-corrected chi connectivity index (χ2v) is 4.42. The zero-order chi connectivity index (χ0) is 13.7. The average molecular weight is 252 g/mol. The summed E-state index contributed by atoms with van der Waals surface area (Å²) in [6.45, 7) is 2.06. The number of hydrogen-bond acceptors (Lipinski definition) is 5. The molecular weight excluding hydrogens is 232 g/mol. The van der Waals surface area contributed by atoms with Crippen molar-refractivity contribution >= 4 is 11.7 Å². The number of aliphatic hydroxyl groups excluding tert-OH is 1. The van der Waals surface area contributed by atoms with Crippen LogP contribution in [0.4, 0.5) is 5.82 Å². The zero-order valence-corrected chi connectivity index (χ0v) is 10.9. The zero-order valence-electron chi connectivity index (χ0n) is 10.9. The van der Waals surface area contributed by atoms with Gasteiger partial charge in [-0.15, -0.1) is 0 Å². The van der Waals surface area contributed by atoms with Gasteiger partial charge in [0.25, 0.3) is 5.91 Å². The summed E-state index contributed by atoms with van der Waals surface area (Å²) in [5.74, 6) is 0.538. The number of carbonyl (C=O) groups excluding carboxylic acids is 1. The first-order valence-electron chi connectivity index (χ1n) is 5.77. The molecule has 2 unspecified atom stereocenters. The monoisotopic (exact) mass is 252 g/mol. The Labute approximate surface area is 107 Å². The Morgan fingerprint density at radius 2 is 2.22 bits per heavy atom. The topological polar surface area (TPSA) is 91.5 Å². The van der Waals surface area contributed by atoms with Gasteiger partial charge in [0, 0.05) is 32.9 Å². The van der Waals surface area contributed by atoms with Crippen LogP contribution in [-0.4, -0.2) is 53.7 Å². The van der Waals surface area contributed by atoms with E-state index < -0.39 is 6.10 Å². The SMILES string of the molecule is CC(O)C(N)CNc1ccc(C(=O)N(C)C)cn1. The van der Waals surface area contributed by atoms with Gasteiger partial charge in [-0.2, -0.15) is 0 Å². The number of hydrogen-bond donors (Lipinski definition) is 3. The number of carbonyl (C=O) groups is 1. The van der Waals surface area contributed by atoms with Crippen LogP contribution in [0.2, 0.25) is 0 Å². The molecule has 0 aliphatic rings. The van der Waals surface area contributed by atoms with Crippen LogP contribution in [0.5, 0.6) is 0 Å². The summed E-state index contributed by atoms with van der Waals surface area (Å²) in [6, 6.07) is 3.06. The number of amides is 1. The summed E-state index contributed by atoms with van der Waals surface area (Å²) in [7, 11) is 3.38. The van der Waals surface area contributed by atoms with Gasteiger partial charge < -0.3 is 21.1 Å². The first-order valence-corrected chi connectivity index (χ1v) is 5.77. The highest BCUT2D eigenvalue weighted by Gasteiger charge is 2.10. The maximum atomic E-state index is 11.6. The molecule has 1 aromatic rings. The lowest BCUT2D eigenvalue weighted by Crippen LogP contribution is -2.38. The van der Waals surface area contributed by atoms with Crippen molar-refractivity contribution in [3.05, 3.63) is 23.9 Å². The predicted octanol–water partition coefficient (Wildman–Crippen LogP) is -0.0966. The van der Waals surface area contributed by atoms with E-state index in [1.165, 1.54) is 11.1 Å². The van der Waals surface area contributed by atoms with Crippen LogP contribution in [0, 0.1) is 0 Å². The van der Waals surface area contributed by atoms with Crippen molar-refractivity contribution in [1.82, 2.24) is 9.88 Å². The summed E-state index contributed by atoms with van der Waals surface area (Å²) in [5.41, 5.74) is 6.21. The smallest absolute Gasteiger partial charge is 0.254 e. The Morgan fingerprint density at radius 1 is 1.56 bits per heavy atom. The Hall–Kier alpha value is -1.66. The van der Waals surface area contributed by atoms with Gasteiger partial charge in [-0.3, -0.25) is 4.79 Å². The molecule has 1 aromatic heterocycles. The van der Waals surface area contributed by atoms with Crippen LogP contribution in [0.15, 0.2) is 18.3 Å². The third-order valence-corrected chi connectivity index (χ3v) is 2.56. The first kappa shape index (κ1) is 14.4. The van der Waals surface area contributed by atoms with E-state index in [2.05, 4.69) is 10.3 Å². The molecule has 1 rings (SSSR count). The Balaban J connectivity index is 2.58. The van der Waals surface area contributed by atoms with Crippen molar-refractivity contribution in [3.8, 4) is 0 Å². The molecular formula is C12H20N4O2. The van der Waals surface area contributed by atoms with Crippen LogP contribution in [-0.2, 0) is 0 Å². The van der Waals surface area contributed by atoms with Gasteiger partial charge in [-0.05, 0) is 19.1 Å². The maximum Gasteiger partial charge on any atom is 0.254 e. The molecule has 0 fully saturated rings. The maximum absolute atomic E-state index is 11.6. The average Bonchev–Trinajstić information content (AvgIpc) is 2.35. The second-order valence-electron chi connectivity index (χ2n) is 4.42. The molecule has 0 aromatic carbocycles. The Bertz CT molecular complexity index is 390. The molecule has 1 amide bonds. The molecule has 18 heavy (non-hydrogen) atoms. The van der Waals surface area contributed by atoms with Crippen molar-refractivity contribution in [1.29, 1.82) is 0 Å². The molecule has 0 spiro atoms. The van der Waals surface area contributed by atoms with E-state index in [1.807, 2.05) is 0 Å². The highest BCUT2D eigenvalue weighted by Crippen LogP contribution is 2.06. The van der Waals surface area contributed by atoms with Crippen LogP contribution >= 0.6 is 0 Å². The van der Waals surface area contributed by atoms with Crippen LogP contribution < -0.4 is 11.1 Å².